The molecule has 0 aromatic carbocycles. The van der Waals surface area contributed by atoms with E-state index in [9.17, 15) is 9.59 Å². The van der Waals surface area contributed by atoms with Crippen LogP contribution in [0, 0.1) is 5.92 Å². The Balaban J connectivity index is 1.72. The van der Waals surface area contributed by atoms with Crippen LogP contribution < -0.4 is 0 Å². The Morgan fingerprint density at radius 3 is 2.56 bits per heavy atom. The van der Waals surface area contributed by atoms with Crippen LogP contribution in [0.25, 0.3) is 0 Å². The zero-order valence-electron chi connectivity index (χ0n) is 9.91. The Hall–Kier alpha value is -0.860. The van der Waals surface area contributed by atoms with Gasteiger partial charge in [-0.2, -0.15) is 0 Å². The van der Waals surface area contributed by atoms with Crippen molar-refractivity contribution in [3.63, 3.8) is 0 Å². The van der Waals surface area contributed by atoms with Crippen LogP contribution in [-0.2, 0) is 9.59 Å². The van der Waals surface area contributed by atoms with E-state index in [0.29, 0.717) is 13.0 Å². The minimum absolute atomic E-state index is 0.0482. The zero-order valence-corrected chi connectivity index (χ0v) is 9.91. The van der Waals surface area contributed by atoms with Crippen molar-refractivity contribution in [2.45, 2.75) is 51.4 Å². The second-order valence-corrected chi connectivity index (χ2v) is 5.14. The summed E-state index contributed by atoms with van der Waals surface area (Å²) in [5.41, 5.74) is 0. The molecule has 2 aliphatic rings. The Morgan fingerprint density at radius 2 is 1.88 bits per heavy atom. The first-order chi connectivity index (χ1) is 7.75. The van der Waals surface area contributed by atoms with Crippen molar-refractivity contribution in [3.05, 3.63) is 0 Å². The molecule has 0 atom stereocenters. The first kappa shape index (κ1) is 11.6. The summed E-state index contributed by atoms with van der Waals surface area (Å²) < 4.78 is 0. The van der Waals surface area contributed by atoms with Crippen LogP contribution in [0.4, 0.5) is 0 Å². The number of carbonyl (C=O) groups is 2. The molecule has 1 saturated carbocycles. The molecular weight excluding hydrogens is 202 g/mol. The summed E-state index contributed by atoms with van der Waals surface area (Å²) in [6, 6.07) is 0. The molecular formula is C13H21NO2. The summed E-state index contributed by atoms with van der Waals surface area (Å²) in [6.07, 6.45) is 8.62. The van der Waals surface area contributed by atoms with E-state index in [1.807, 2.05) is 4.90 Å². The SMILES string of the molecule is O=C1CCN(CCC2CCCCC2)C(=O)C1. The molecule has 0 radical (unpaired) electrons. The monoisotopic (exact) mass is 223 g/mol. The molecule has 0 N–H and O–H groups in total. The first-order valence-electron chi connectivity index (χ1n) is 6.55. The van der Waals surface area contributed by atoms with Crippen molar-refractivity contribution in [2.75, 3.05) is 13.1 Å². The predicted octanol–water partition coefficient (Wildman–Crippen LogP) is 2.15. The number of carbonyl (C=O) groups excluding carboxylic acids is 2. The number of ketones is 1. The molecule has 16 heavy (non-hydrogen) atoms. The largest absolute Gasteiger partial charge is 0.342 e. The highest BCUT2D eigenvalue weighted by Crippen LogP contribution is 2.26. The van der Waals surface area contributed by atoms with Crippen molar-refractivity contribution in [2.24, 2.45) is 5.92 Å². The molecule has 1 aliphatic carbocycles. The van der Waals surface area contributed by atoms with Gasteiger partial charge >= 0.3 is 0 Å². The second kappa shape index (κ2) is 5.46. The van der Waals surface area contributed by atoms with Gasteiger partial charge in [0.05, 0.1) is 6.42 Å². The van der Waals surface area contributed by atoms with Crippen molar-refractivity contribution in [1.29, 1.82) is 0 Å². The second-order valence-electron chi connectivity index (χ2n) is 5.14. The third kappa shape index (κ3) is 3.06. The molecule has 0 bridgehead atoms. The molecule has 0 aromatic heterocycles. The molecule has 1 aliphatic heterocycles. The molecule has 1 heterocycles. The van der Waals surface area contributed by atoms with E-state index < -0.39 is 0 Å². The average molecular weight is 223 g/mol. The quantitative estimate of drug-likeness (QED) is 0.687. The van der Waals surface area contributed by atoms with Crippen LogP contribution in [0.2, 0.25) is 0 Å². The first-order valence-corrected chi connectivity index (χ1v) is 6.55. The normalized spacial score (nSPS) is 23.9. The fourth-order valence-electron chi connectivity index (χ4n) is 2.80. The van der Waals surface area contributed by atoms with Crippen LogP contribution >= 0.6 is 0 Å². The average Bonchev–Trinajstić information content (AvgIpc) is 2.29. The number of rotatable bonds is 3. The lowest BCUT2D eigenvalue weighted by Crippen LogP contribution is -2.40. The molecule has 0 aromatic rings. The van der Waals surface area contributed by atoms with Gasteiger partial charge in [0.25, 0.3) is 0 Å². The number of piperidine rings is 1. The van der Waals surface area contributed by atoms with E-state index in [0.717, 1.165) is 18.9 Å². The highest BCUT2D eigenvalue weighted by molar-refractivity contribution is 6.00. The summed E-state index contributed by atoms with van der Waals surface area (Å²) >= 11 is 0. The van der Waals surface area contributed by atoms with Crippen LogP contribution in [-0.4, -0.2) is 29.7 Å². The number of Topliss-reactive ketones (excluding diaryl/α,β-unsaturated/α-hetero) is 1. The summed E-state index contributed by atoms with van der Waals surface area (Å²) in [4.78, 5) is 24.5. The lowest BCUT2D eigenvalue weighted by molar-refractivity contribution is -0.139. The molecule has 3 heteroatoms. The van der Waals surface area contributed by atoms with E-state index in [1.54, 1.807) is 0 Å². The van der Waals surface area contributed by atoms with E-state index in [-0.39, 0.29) is 18.1 Å². The minimum Gasteiger partial charge on any atom is -0.342 e. The van der Waals surface area contributed by atoms with Gasteiger partial charge in [0.15, 0.2) is 0 Å². The maximum atomic E-state index is 11.6. The van der Waals surface area contributed by atoms with Crippen LogP contribution in [0.15, 0.2) is 0 Å². The fraction of sp³-hybridized carbons (Fsp3) is 0.846. The summed E-state index contributed by atoms with van der Waals surface area (Å²) in [7, 11) is 0. The van der Waals surface area contributed by atoms with Gasteiger partial charge in [0.1, 0.15) is 5.78 Å². The highest BCUT2D eigenvalue weighted by Gasteiger charge is 2.24. The molecule has 0 spiro atoms. The van der Waals surface area contributed by atoms with Gasteiger partial charge in [-0.1, -0.05) is 32.1 Å². The number of amides is 1. The Kier molecular flexibility index (Phi) is 3.97. The highest BCUT2D eigenvalue weighted by atomic mass is 16.2. The third-order valence-electron chi connectivity index (χ3n) is 3.89. The van der Waals surface area contributed by atoms with E-state index in [4.69, 9.17) is 0 Å². The molecule has 1 amide bonds. The Bertz CT molecular complexity index is 269. The maximum Gasteiger partial charge on any atom is 0.230 e. The van der Waals surface area contributed by atoms with Crippen molar-refractivity contribution in [3.8, 4) is 0 Å². The molecule has 90 valence electrons. The number of nitrogens with zero attached hydrogens (tertiary/aromatic N) is 1. The molecule has 3 nitrogen and oxygen atoms in total. The Labute approximate surface area is 97.2 Å². The molecule has 0 unspecified atom stereocenters. The van der Waals surface area contributed by atoms with Gasteiger partial charge in [-0.15, -0.1) is 0 Å². The molecule has 1 saturated heterocycles. The van der Waals surface area contributed by atoms with E-state index >= 15 is 0 Å². The van der Waals surface area contributed by atoms with Crippen LogP contribution in [0.5, 0.6) is 0 Å². The zero-order chi connectivity index (χ0) is 11.4. The predicted molar refractivity (Wildman–Crippen MR) is 62.0 cm³/mol. The number of hydrogen-bond donors (Lipinski definition) is 0. The lowest BCUT2D eigenvalue weighted by Gasteiger charge is -2.29. The summed E-state index contributed by atoms with van der Waals surface area (Å²) in [5.74, 6) is 0.977. The molecule has 2 fully saturated rings. The maximum absolute atomic E-state index is 11.6. The Morgan fingerprint density at radius 1 is 1.12 bits per heavy atom. The van der Waals surface area contributed by atoms with Gasteiger partial charge in [0.2, 0.25) is 5.91 Å². The van der Waals surface area contributed by atoms with Crippen LogP contribution in [0.3, 0.4) is 0 Å². The topological polar surface area (TPSA) is 37.4 Å². The van der Waals surface area contributed by atoms with Crippen molar-refractivity contribution < 1.29 is 9.59 Å². The number of likely N-dealkylation sites (tertiary alicyclic amines) is 1. The van der Waals surface area contributed by atoms with Gasteiger partial charge in [-0.05, 0) is 12.3 Å². The minimum atomic E-state index is 0.0482. The molecule has 2 rings (SSSR count). The standard InChI is InChI=1S/C13H21NO2/c15-12-7-9-14(13(16)10-12)8-6-11-4-2-1-3-5-11/h11H,1-10H2. The van der Waals surface area contributed by atoms with Crippen molar-refractivity contribution in [1.82, 2.24) is 4.90 Å². The van der Waals surface area contributed by atoms with E-state index in [2.05, 4.69) is 0 Å². The van der Waals surface area contributed by atoms with Gasteiger partial charge in [-0.25, -0.2) is 0 Å². The summed E-state index contributed by atoms with van der Waals surface area (Å²) in [5, 5.41) is 0. The van der Waals surface area contributed by atoms with E-state index in [1.165, 1.54) is 32.1 Å². The van der Waals surface area contributed by atoms with Gasteiger partial charge in [-0.3, -0.25) is 9.59 Å². The third-order valence-corrected chi connectivity index (χ3v) is 3.89. The lowest BCUT2D eigenvalue weighted by atomic mass is 9.87. The van der Waals surface area contributed by atoms with Crippen LogP contribution in [0.1, 0.15) is 51.4 Å². The van der Waals surface area contributed by atoms with Gasteiger partial charge < -0.3 is 4.90 Å². The fourth-order valence-corrected chi connectivity index (χ4v) is 2.80. The number of hydrogen-bond acceptors (Lipinski definition) is 2. The summed E-state index contributed by atoms with van der Waals surface area (Å²) in [6.45, 7) is 1.53. The smallest absolute Gasteiger partial charge is 0.230 e. The van der Waals surface area contributed by atoms with Crippen molar-refractivity contribution >= 4 is 11.7 Å². The van der Waals surface area contributed by atoms with Gasteiger partial charge in [0, 0.05) is 19.5 Å².